The zero-order valence-corrected chi connectivity index (χ0v) is 15.6. The van der Waals surface area contributed by atoms with Gasteiger partial charge in [-0.05, 0) is 72.6 Å². The van der Waals surface area contributed by atoms with Crippen molar-refractivity contribution in [3.63, 3.8) is 0 Å². The molecule has 0 spiro atoms. The largest absolute Gasteiger partial charge is 0.295 e. The Hall–Kier alpha value is -2.41. The Morgan fingerprint density at radius 2 is 1.56 bits per heavy atom. The third-order valence-electron chi connectivity index (χ3n) is 5.13. The van der Waals surface area contributed by atoms with Gasteiger partial charge < -0.3 is 0 Å². The van der Waals surface area contributed by atoms with E-state index in [0.29, 0.717) is 0 Å². The fourth-order valence-corrected chi connectivity index (χ4v) is 3.61. The smallest absolute Gasteiger partial charge is 0.160 e. The van der Waals surface area contributed by atoms with E-state index < -0.39 is 0 Å². The van der Waals surface area contributed by atoms with Crippen molar-refractivity contribution in [3.05, 3.63) is 81.9 Å². The molecule has 1 aliphatic carbocycles. The molecule has 0 aliphatic heterocycles. The fourth-order valence-electron chi connectivity index (χ4n) is 3.61. The van der Waals surface area contributed by atoms with Gasteiger partial charge in [-0.3, -0.25) is 4.79 Å². The second-order valence-electron chi connectivity index (χ2n) is 6.85. The Kier molecular flexibility index (Phi) is 5.03. The van der Waals surface area contributed by atoms with Crippen molar-refractivity contribution in [2.75, 3.05) is 0 Å². The van der Waals surface area contributed by atoms with Crippen molar-refractivity contribution in [2.45, 2.75) is 47.0 Å². The average molecular weight is 330 g/mol. The van der Waals surface area contributed by atoms with E-state index in [9.17, 15) is 4.79 Å². The lowest BCUT2D eigenvalue weighted by Gasteiger charge is -2.12. The molecule has 0 bridgehead atoms. The number of hydrogen-bond donors (Lipinski definition) is 0. The van der Waals surface area contributed by atoms with E-state index >= 15 is 0 Å². The molecule has 2 aromatic carbocycles. The summed E-state index contributed by atoms with van der Waals surface area (Å²) in [4.78, 5) is 12.2. The normalized spacial score (nSPS) is 14.0. The van der Waals surface area contributed by atoms with Gasteiger partial charge in [0.05, 0.1) is 0 Å². The van der Waals surface area contributed by atoms with Crippen LogP contribution in [0.5, 0.6) is 0 Å². The minimum atomic E-state index is 0.148. The van der Waals surface area contributed by atoms with Crippen LogP contribution in [-0.4, -0.2) is 5.78 Å². The van der Waals surface area contributed by atoms with Crippen LogP contribution < -0.4 is 0 Å². The maximum Gasteiger partial charge on any atom is 0.160 e. The number of allylic oxidation sites excluding steroid dienone is 4. The van der Waals surface area contributed by atoms with Crippen molar-refractivity contribution in [2.24, 2.45) is 0 Å². The molecule has 0 fully saturated rings. The lowest BCUT2D eigenvalue weighted by atomic mass is 9.92. The van der Waals surface area contributed by atoms with Gasteiger partial charge in [-0.1, -0.05) is 61.9 Å². The van der Waals surface area contributed by atoms with E-state index in [1.807, 2.05) is 0 Å². The Labute approximate surface area is 151 Å². The molecule has 0 unspecified atom stereocenters. The summed E-state index contributed by atoms with van der Waals surface area (Å²) < 4.78 is 0. The van der Waals surface area contributed by atoms with Crippen molar-refractivity contribution in [1.29, 1.82) is 0 Å². The molecule has 0 saturated carbocycles. The minimum absolute atomic E-state index is 0.148. The molecular weight excluding hydrogens is 304 g/mol. The van der Waals surface area contributed by atoms with E-state index in [2.05, 4.69) is 69.3 Å². The lowest BCUT2D eigenvalue weighted by Crippen LogP contribution is -1.98. The highest BCUT2D eigenvalue weighted by molar-refractivity contribution is 6.09. The quantitative estimate of drug-likeness (QED) is 0.662. The standard InChI is InChI=1S/C24H26O/c1-5-18-11-12-21(13-19(18)6-2)24-15-22(14-23(24)17(4)25)20-9-7-16(3)8-10-20/h7-14H,5-6,15H2,1-4H3. The highest BCUT2D eigenvalue weighted by Gasteiger charge is 2.21. The number of Topliss-reactive ketones (excluding diaryl/α,β-unsaturated/α-hetero) is 1. The first kappa shape index (κ1) is 17.4. The monoisotopic (exact) mass is 330 g/mol. The molecule has 0 heterocycles. The van der Waals surface area contributed by atoms with Gasteiger partial charge in [0, 0.05) is 5.57 Å². The first-order valence-corrected chi connectivity index (χ1v) is 9.17. The van der Waals surface area contributed by atoms with Crippen LogP contribution in [0.25, 0.3) is 11.1 Å². The van der Waals surface area contributed by atoms with Gasteiger partial charge >= 0.3 is 0 Å². The molecule has 1 aliphatic rings. The number of rotatable bonds is 5. The van der Waals surface area contributed by atoms with Gasteiger partial charge in [-0.2, -0.15) is 0 Å². The maximum atomic E-state index is 12.2. The SMILES string of the molecule is CCc1ccc(C2=C(C(C)=O)C=C(c3ccc(C)cc3)C2)cc1CC. The first-order chi connectivity index (χ1) is 12.0. The molecular formula is C24H26O. The fraction of sp³-hybridized carbons (Fsp3) is 0.292. The molecule has 1 nitrogen and oxygen atoms in total. The van der Waals surface area contributed by atoms with Crippen LogP contribution in [0.2, 0.25) is 0 Å². The number of ketones is 1. The van der Waals surface area contributed by atoms with Gasteiger partial charge in [-0.25, -0.2) is 0 Å². The van der Waals surface area contributed by atoms with Crippen LogP contribution in [0.15, 0.2) is 54.1 Å². The van der Waals surface area contributed by atoms with Crippen molar-refractivity contribution >= 4 is 16.9 Å². The van der Waals surface area contributed by atoms with Gasteiger partial charge in [0.25, 0.3) is 0 Å². The van der Waals surface area contributed by atoms with E-state index in [4.69, 9.17) is 0 Å². The zero-order chi connectivity index (χ0) is 18.0. The molecule has 0 aromatic heterocycles. The predicted molar refractivity (Wildman–Crippen MR) is 107 cm³/mol. The van der Waals surface area contributed by atoms with Gasteiger partial charge in [0.2, 0.25) is 0 Å². The third kappa shape index (κ3) is 3.51. The number of aryl methyl sites for hydroxylation is 3. The summed E-state index contributed by atoms with van der Waals surface area (Å²) in [5.41, 5.74) is 9.71. The number of hydrogen-bond acceptors (Lipinski definition) is 1. The Morgan fingerprint density at radius 3 is 2.16 bits per heavy atom. The van der Waals surface area contributed by atoms with Crippen molar-refractivity contribution in [1.82, 2.24) is 0 Å². The van der Waals surface area contributed by atoms with Crippen LogP contribution >= 0.6 is 0 Å². The van der Waals surface area contributed by atoms with E-state index in [0.717, 1.165) is 24.8 Å². The number of carbonyl (C=O) groups is 1. The predicted octanol–water partition coefficient (Wildman–Crippen LogP) is 5.95. The van der Waals surface area contributed by atoms with Crippen molar-refractivity contribution in [3.8, 4) is 0 Å². The summed E-state index contributed by atoms with van der Waals surface area (Å²) >= 11 is 0. The topological polar surface area (TPSA) is 17.1 Å². The van der Waals surface area contributed by atoms with E-state index in [-0.39, 0.29) is 5.78 Å². The molecule has 3 rings (SSSR count). The molecule has 25 heavy (non-hydrogen) atoms. The molecule has 0 saturated heterocycles. The van der Waals surface area contributed by atoms with E-state index in [1.165, 1.54) is 39.0 Å². The minimum Gasteiger partial charge on any atom is -0.295 e. The second kappa shape index (κ2) is 7.23. The Balaban J connectivity index is 2.00. The van der Waals surface area contributed by atoms with Crippen LogP contribution in [0.4, 0.5) is 0 Å². The third-order valence-corrected chi connectivity index (χ3v) is 5.13. The summed E-state index contributed by atoms with van der Waals surface area (Å²) in [5, 5.41) is 0. The van der Waals surface area contributed by atoms with Crippen LogP contribution in [0, 0.1) is 6.92 Å². The summed E-state index contributed by atoms with van der Waals surface area (Å²) in [6.07, 6.45) is 4.99. The van der Waals surface area contributed by atoms with Crippen LogP contribution in [0.1, 0.15) is 55.0 Å². The summed E-state index contributed by atoms with van der Waals surface area (Å²) in [7, 11) is 0. The van der Waals surface area contributed by atoms with Gasteiger partial charge in [-0.15, -0.1) is 0 Å². The zero-order valence-electron chi connectivity index (χ0n) is 15.6. The number of carbonyl (C=O) groups excluding carboxylic acids is 1. The first-order valence-electron chi connectivity index (χ1n) is 9.17. The van der Waals surface area contributed by atoms with E-state index in [1.54, 1.807) is 6.92 Å². The molecule has 0 N–H and O–H groups in total. The molecule has 128 valence electrons. The Morgan fingerprint density at radius 1 is 0.920 bits per heavy atom. The van der Waals surface area contributed by atoms with Crippen molar-refractivity contribution < 1.29 is 4.79 Å². The highest BCUT2D eigenvalue weighted by Crippen LogP contribution is 2.39. The molecule has 0 radical (unpaired) electrons. The van der Waals surface area contributed by atoms with Gasteiger partial charge in [0.15, 0.2) is 5.78 Å². The summed E-state index contributed by atoms with van der Waals surface area (Å²) in [5.74, 6) is 0.148. The van der Waals surface area contributed by atoms with Crippen LogP contribution in [0.3, 0.4) is 0 Å². The second-order valence-corrected chi connectivity index (χ2v) is 6.85. The lowest BCUT2D eigenvalue weighted by molar-refractivity contribution is -0.113. The van der Waals surface area contributed by atoms with Gasteiger partial charge in [0.1, 0.15) is 0 Å². The summed E-state index contributed by atoms with van der Waals surface area (Å²) in [6, 6.07) is 15.3. The average Bonchev–Trinajstić information content (AvgIpc) is 3.07. The summed E-state index contributed by atoms with van der Waals surface area (Å²) in [6.45, 7) is 8.16. The van der Waals surface area contributed by atoms with Crippen LogP contribution in [-0.2, 0) is 17.6 Å². The molecule has 0 atom stereocenters. The highest BCUT2D eigenvalue weighted by atomic mass is 16.1. The number of benzene rings is 2. The molecule has 0 amide bonds. The molecule has 1 heteroatoms. The molecule has 2 aromatic rings. The maximum absolute atomic E-state index is 12.2. The Bertz CT molecular complexity index is 863.